The lowest BCUT2D eigenvalue weighted by Gasteiger charge is -2.20. The molecule has 0 aliphatic carbocycles. The lowest BCUT2D eigenvalue weighted by Crippen LogP contribution is -2.45. The summed E-state index contributed by atoms with van der Waals surface area (Å²) in [5.74, 6) is -0.990. The Kier molecular flexibility index (Phi) is 7.36. The largest absolute Gasteiger partial charge is 0.497 e. The number of carbonyl (C=O) groups is 3. The van der Waals surface area contributed by atoms with Crippen molar-refractivity contribution in [1.82, 2.24) is 5.32 Å². The van der Waals surface area contributed by atoms with E-state index in [9.17, 15) is 14.4 Å². The lowest BCUT2D eigenvalue weighted by atomic mass is 10.0. The summed E-state index contributed by atoms with van der Waals surface area (Å²) in [6, 6.07) is 9.35. The van der Waals surface area contributed by atoms with Crippen molar-refractivity contribution in [2.75, 3.05) is 19.0 Å². The van der Waals surface area contributed by atoms with Crippen molar-refractivity contribution < 1.29 is 23.9 Å². The second-order valence-corrected chi connectivity index (χ2v) is 7.00. The summed E-state index contributed by atoms with van der Waals surface area (Å²) in [6.07, 6.45) is 0. The molecule has 8 heteroatoms. The van der Waals surface area contributed by atoms with E-state index in [1.165, 1.54) is 11.3 Å². The number of nitrogens with one attached hydrogen (secondary N) is 2. The van der Waals surface area contributed by atoms with Gasteiger partial charge in [-0.15, -0.1) is 11.3 Å². The van der Waals surface area contributed by atoms with Gasteiger partial charge in [0.05, 0.1) is 12.0 Å². The van der Waals surface area contributed by atoms with Gasteiger partial charge in [0.25, 0.3) is 11.8 Å². The highest BCUT2D eigenvalue weighted by Crippen LogP contribution is 2.15. The standard InChI is InChI=1S/C19H22N2O5S/c1-12(2)17(21-18(23)15-5-4-10-27-15)19(24)26-11-16(22)20-13-6-8-14(25-3)9-7-13/h4-10,12,17H,11H2,1-3H3,(H,20,22)(H,21,23)/t17-/m1/s1. The number of hydrogen-bond acceptors (Lipinski definition) is 6. The zero-order valence-electron chi connectivity index (χ0n) is 15.4. The summed E-state index contributed by atoms with van der Waals surface area (Å²) < 4.78 is 10.1. The Balaban J connectivity index is 1.86. The minimum absolute atomic E-state index is 0.189. The highest BCUT2D eigenvalue weighted by atomic mass is 32.1. The Bertz CT molecular complexity index is 772. The highest BCUT2D eigenvalue weighted by molar-refractivity contribution is 7.12. The number of esters is 1. The van der Waals surface area contributed by atoms with E-state index >= 15 is 0 Å². The van der Waals surface area contributed by atoms with Crippen LogP contribution in [0.4, 0.5) is 5.69 Å². The van der Waals surface area contributed by atoms with Gasteiger partial charge in [-0.1, -0.05) is 19.9 Å². The van der Waals surface area contributed by atoms with Crippen molar-refractivity contribution in [2.45, 2.75) is 19.9 Å². The van der Waals surface area contributed by atoms with Crippen LogP contribution in [0.25, 0.3) is 0 Å². The minimum Gasteiger partial charge on any atom is -0.497 e. The van der Waals surface area contributed by atoms with Crippen molar-refractivity contribution in [3.8, 4) is 5.75 Å². The van der Waals surface area contributed by atoms with Gasteiger partial charge in [0.1, 0.15) is 11.8 Å². The van der Waals surface area contributed by atoms with Crippen molar-refractivity contribution in [3.63, 3.8) is 0 Å². The van der Waals surface area contributed by atoms with E-state index < -0.39 is 24.5 Å². The number of methoxy groups -OCH3 is 1. The van der Waals surface area contributed by atoms with E-state index in [0.717, 1.165) is 0 Å². The highest BCUT2D eigenvalue weighted by Gasteiger charge is 2.27. The average molecular weight is 390 g/mol. The number of anilines is 1. The predicted molar refractivity (Wildman–Crippen MR) is 103 cm³/mol. The molecule has 1 aromatic heterocycles. The van der Waals surface area contributed by atoms with Crippen molar-refractivity contribution in [1.29, 1.82) is 0 Å². The van der Waals surface area contributed by atoms with E-state index in [0.29, 0.717) is 16.3 Å². The predicted octanol–water partition coefficient (Wildman–Crippen LogP) is 2.69. The maximum atomic E-state index is 12.3. The van der Waals surface area contributed by atoms with Gasteiger partial charge in [-0.25, -0.2) is 4.79 Å². The number of amides is 2. The Hall–Kier alpha value is -2.87. The molecule has 144 valence electrons. The molecule has 0 saturated heterocycles. The van der Waals surface area contributed by atoms with E-state index in [-0.39, 0.29) is 11.8 Å². The smallest absolute Gasteiger partial charge is 0.329 e. The van der Waals surface area contributed by atoms with Gasteiger partial charge < -0.3 is 20.1 Å². The molecular formula is C19H22N2O5S. The summed E-state index contributed by atoms with van der Waals surface area (Å²) in [5.41, 5.74) is 0.559. The fourth-order valence-electron chi connectivity index (χ4n) is 2.22. The molecule has 0 bridgehead atoms. The zero-order valence-corrected chi connectivity index (χ0v) is 16.2. The third-order valence-electron chi connectivity index (χ3n) is 3.67. The normalized spacial score (nSPS) is 11.6. The fraction of sp³-hybridized carbons (Fsp3) is 0.316. The van der Waals surface area contributed by atoms with Crippen LogP contribution in [0.15, 0.2) is 41.8 Å². The van der Waals surface area contributed by atoms with E-state index in [1.807, 2.05) is 0 Å². The van der Waals surface area contributed by atoms with Gasteiger partial charge in [-0.2, -0.15) is 0 Å². The Morgan fingerprint density at radius 3 is 2.37 bits per heavy atom. The third kappa shape index (κ3) is 6.10. The van der Waals surface area contributed by atoms with Crippen LogP contribution < -0.4 is 15.4 Å². The molecule has 0 aliphatic rings. The van der Waals surface area contributed by atoms with E-state index in [4.69, 9.17) is 9.47 Å². The van der Waals surface area contributed by atoms with Crippen LogP contribution in [-0.4, -0.2) is 37.5 Å². The van der Waals surface area contributed by atoms with E-state index in [2.05, 4.69) is 10.6 Å². The molecule has 27 heavy (non-hydrogen) atoms. The monoisotopic (exact) mass is 390 g/mol. The molecule has 0 aliphatic heterocycles. The van der Waals surface area contributed by atoms with Crippen molar-refractivity contribution in [3.05, 3.63) is 46.7 Å². The van der Waals surface area contributed by atoms with Crippen LogP contribution in [0.1, 0.15) is 23.5 Å². The zero-order chi connectivity index (χ0) is 19.8. The molecule has 0 spiro atoms. The molecule has 1 atom stereocenters. The molecule has 7 nitrogen and oxygen atoms in total. The molecule has 1 aromatic carbocycles. The van der Waals surface area contributed by atoms with Crippen LogP contribution in [0, 0.1) is 5.92 Å². The van der Waals surface area contributed by atoms with Gasteiger partial charge in [0.15, 0.2) is 6.61 Å². The fourth-order valence-corrected chi connectivity index (χ4v) is 2.84. The molecule has 2 rings (SSSR count). The molecule has 0 fully saturated rings. The maximum Gasteiger partial charge on any atom is 0.329 e. The molecule has 0 saturated carbocycles. The summed E-state index contributed by atoms with van der Waals surface area (Å²) in [4.78, 5) is 36.9. The minimum atomic E-state index is -0.839. The first kappa shape index (κ1) is 20.4. The van der Waals surface area contributed by atoms with Crippen molar-refractivity contribution >= 4 is 34.8 Å². The molecule has 2 amide bonds. The van der Waals surface area contributed by atoms with Crippen LogP contribution in [0.2, 0.25) is 0 Å². The molecule has 1 heterocycles. The van der Waals surface area contributed by atoms with Gasteiger partial charge in [0.2, 0.25) is 0 Å². The van der Waals surface area contributed by atoms with Gasteiger partial charge in [-0.05, 0) is 41.6 Å². The van der Waals surface area contributed by atoms with Gasteiger partial charge in [-0.3, -0.25) is 9.59 Å². The molecule has 0 radical (unpaired) electrons. The van der Waals surface area contributed by atoms with Crippen molar-refractivity contribution in [2.24, 2.45) is 5.92 Å². The van der Waals surface area contributed by atoms with Gasteiger partial charge >= 0.3 is 5.97 Å². The molecular weight excluding hydrogens is 368 g/mol. The maximum absolute atomic E-state index is 12.3. The van der Waals surface area contributed by atoms with Crippen LogP contribution in [-0.2, 0) is 14.3 Å². The Morgan fingerprint density at radius 1 is 1.11 bits per heavy atom. The summed E-state index contributed by atoms with van der Waals surface area (Å²) >= 11 is 1.28. The second kappa shape index (κ2) is 9.72. The number of ether oxygens (including phenoxy) is 2. The summed E-state index contributed by atoms with van der Waals surface area (Å²) in [5, 5.41) is 7.06. The number of carbonyl (C=O) groups excluding carboxylic acids is 3. The van der Waals surface area contributed by atoms with E-state index in [1.54, 1.807) is 62.7 Å². The average Bonchev–Trinajstić information content (AvgIpc) is 3.19. The lowest BCUT2D eigenvalue weighted by molar-refractivity contribution is -0.150. The second-order valence-electron chi connectivity index (χ2n) is 6.06. The molecule has 0 unspecified atom stereocenters. The first-order chi connectivity index (χ1) is 12.9. The topological polar surface area (TPSA) is 93.7 Å². The third-order valence-corrected chi connectivity index (χ3v) is 4.54. The number of benzene rings is 1. The summed E-state index contributed by atoms with van der Waals surface area (Å²) in [6.45, 7) is 3.14. The van der Waals surface area contributed by atoms with Crippen LogP contribution in [0.3, 0.4) is 0 Å². The molecule has 2 aromatic rings. The van der Waals surface area contributed by atoms with Crippen LogP contribution >= 0.6 is 11.3 Å². The molecule has 2 N–H and O–H groups in total. The van der Waals surface area contributed by atoms with Crippen LogP contribution in [0.5, 0.6) is 5.75 Å². The Labute approximate surface area is 161 Å². The number of rotatable bonds is 8. The number of hydrogen-bond donors (Lipinski definition) is 2. The SMILES string of the molecule is COc1ccc(NC(=O)COC(=O)[C@H](NC(=O)c2cccs2)C(C)C)cc1. The summed E-state index contributed by atoms with van der Waals surface area (Å²) in [7, 11) is 1.55. The first-order valence-corrected chi connectivity index (χ1v) is 9.23. The number of thiophene rings is 1. The first-order valence-electron chi connectivity index (χ1n) is 8.35. The quantitative estimate of drug-likeness (QED) is 0.676. The van der Waals surface area contributed by atoms with Gasteiger partial charge in [0, 0.05) is 5.69 Å². The Morgan fingerprint density at radius 2 is 1.81 bits per heavy atom.